The van der Waals surface area contributed by atoms with E-state index in [0.717, 1.165) is 11.5 Å². The first-order chi connectivity index (χ1) is 9.74. The van der Waals surface area contributed by atoms with Crippen molar-refractivity contribution in [3.8, 4) is 11.5 Å². The van der Waals surface area contributed by atoms with Crippen molar-refractivity contribution < 1.29 is 19.2 Å². The molecule has 106 valence electrons. The zero-order valence-corrected chi connectivity index (χ0v) is 11.6. The maximum Gasteiger partial charge on any atom is 0.228 e. The van der Waals surface area contributed by atoms with Crippen LogP contribution in [0.15, 0.2) is 60.7 Å². The number of hydrogen-bond acceptors (Lipinski definition) is 4. The van der Waals surface area contributed by atoms with Crippen LogP contribution in [0.5, 0.6) is 11.5 Å². The van der Waals surface area contributed by atoms with Gasteiger partial charge in [-0.2, -0.15) is 9.78 Å². The van der Waals surface area contributed by atoms with E-state index in [9.17, 15) is 0 Å². The van der Waals surface area contributed by atoms with Gasteiger partial charge in [0.1, 0.15) is 11.5 Å². The van der Waals surface area contributed by atoms with Crippen LogP contribution < -0.4 is 9.47 Å². The van der Waals surface area contributed by atoms with Crippen LogP contribution >= 0.6 is 0 Å². The summed E-state index contributed by atoms with van der Waals surface area (Å²) >= 11 is 0. The molecular weight excluding hydrogens is 256 g/mol. The third-order valence-electron chi connectivity index (χ3n) is 2.42. The molecule has 4 nitrogen and oxygen atoms in total. The van der Waals surface area contributed by atoms with Gasteiger partial charge in [0.25, 0.3) is 0 Å². The lowest BCUT2D eigenvalue weighted by atomic mass is 10.3. The van der Waals surface area contributed by atoms with Gasteiger partial charge >= 0.3 is 0 Å². The molecule has 0 aliphatic rings. The van der Waals surface area contributed by atoms with Gasteiger partial charge in [0.2, 0.25) is 12.6 Å². The molecule has 0 aromatic heterocycles. The predicted octanol–water partition coefficient (Wildman–Crippen LogP) is 3.78. The maximum atomic E-state index is 5.51. The van der Waals surface area contributed by atoms with Crippen molar-refractivity contribution in [3.05, 3.63) is 60.7 Å². The molecule has 0 radical (unpaired) electrons. The van der Waals surface area contributed by atoms with Crippen molar-refractivity contribution in [1.29, 1.82) is 0 Å². The summed E-state index contributed by atoms with van der Waals surface area (Å²) < 4.78 is 11.0. The van der Waals surface area contributed by atoms with E-state index in [1.54, 1.807) is 13.8 Å². The number of hydrogen-bond donors (Lipinski definition) is 0. The first kappa shape index (κ1) is 14.4. The highest BCUT2D eigenvalue weighted by atomic mass is 17.2. The Morgan fingerprint density at radius 2 is 0.950 bits per heavy atom. The summed E-state index contributed by atoms with van der Waals surface area (Å²) in [6.45, 7) is 3.50. The van der Waals surface area contributed by atoms with Crippen molar-refractivity contribution in [2.45, 2.75) is 26.4 Å². The van der Waals surface area contributed by atoms with Gasteiger partial charge < -0.3 is 9.47 Å². The molecule has 0 aliphatic heterocycles. The quantitative estimate of drug-likeness (QED) is 0.437. The molecule has 0 aliphatic carbocycles. The minimum Gasteiger partial charge on any atom is -0.462 e. The first-order valence-corrected chi connectivity index (χ1v) is 6.49. The first-order valence-electron chi connectivity index (χ1n) is 6.49. The fraction of sp³-hybridized carbons (Fsp3) is 0.250. The molecule has 0 saturated heterocycles. The summed E-state index contributed by atoms with van der Waals surface area (Å²) in [5.41, 5.74) is 0. The molecule has 0 saturated carbocycles. The molecule has 2 aromatic rings. The Bertz CT molecular complexity index is 439. The second kappa shape index (κ2) is 7.53. The lowest BCUT2D eigenvalue weighted by Crippen LogP contribution is -2.23. The van der Waals surface area contributed by atoms with Crippen molar-refractivity contribution in [3.63, 3.8) is 0 Å². The van der Waals surface area contributed by atoms with Crippen LogP contribution in [-0.4, -0.2) is 12.6 Å². The van der Waals surface area contributed by atoms with E-state index in [2.05, 4.69) is 0 Å². The highest BCUT2D eigenvalue weighted by Crippen LogP contribution is 2.14. The van der Waals surface area contributed by atoms with E-state index < -0.39 is 12.6 Å². The fourth-order valence-electron chi connectivity index (χ4n) is 1.58. The molecule has 0 bridgehead atoms. The minimum absolute atomic E-state index is 0.528. The van der Waals surface area contributed by atoms with E-state index in [1.165, 1.54) is 0 Å². The topological polar surface area (TPSA) is 36.9 Å². The van der Waals surface area contributed by atoms with E-state index in [4.69, 9.17) is 19.2 Å². The Hall–Kier alpha value is -2.04. The van der Waals surface area contributed by atoms with E-state index in [0.29, 0.717) is 0 Å². The standard InChI is InChI=1S/C16H18O4/c1-13(17-15-9-5-3-6-10-15)19-20-14(2)18-16-11-7-4-8-12-16/h3-14H,1-2H3. The Labute approximate surface area is 118 Å². The molecular formula is C16H18O4. The molecule has 20 heavy (non-hydrogen) atoms. The lowest BCUT2D eigenvalue weighted by molar-refractivity contribution is -0.404. The van der Waals surface area contributed by atoms with Crippen LogP contribution in [0.25, 0.3) is 0 Å². The van der Waals surface area contributed by atoms with Crippen LogP contribution in [0.3, 0.4) is 0 Å². The third kappa shape index (κ3) is 4.91. The molecule has 0 amide bonds. The van der Waals surface area contributed by atoms with Gasteiger partial charge in [-0.3, -0.25) is 0 Å². The molecule has 2 rings (SSSR count). The molecule has 0 heterocycles. The SMILES string of the molecule is CC(OOC(C)Oc1ccccc1)Oc1ccccc1. The maximum absolute atomic E-state index is 5.51. The molecule has 2 atom stereocenters. The molecule has 2 unspecified atom stereocenters. The zero-order valence-electron chi connectivity index (χ0n) is 11.6. The molecule has 0 N–H and O–H groups in total. The van der Waals surface area contributed by atoms with Crippen LogP contribution in [0.2, 0.25) is 0 Å². The summed E-state index contributed by atoms with van der Waals surface area (Å²) in [7, 11) is 0. The molecule has 4 heteroatoms. The van der Waals surface area contributed by atoms with Gasteiger partial charge in [-0.15, -0.1) is 0 Å². The van der Waals surface area contributed by atoms with Crippen LogP contribution in [0.1, 0.15) is 13.8 Å². The van der Waals surface area contributed by atoms with E-state index >= 15 is 0 Å². The van der Waals surface area contributed by atoms with Gasteiger partial charge in [-0.25, -0.2) is 0 Å². The summed E-state index contributed by atoms with van der Waals surface area (Å²) in [6, 6.07) is 18.8. The third-order valence-corrected chi connectivity index (χ3v) is 2.42. The number of para-hydroxylation sites is 2. The molecule has 2 aromatic carbocycles. The average Bonchev–Trinajstić information content (AvgIpc) is 2.47. The van der Waals surface area contributed by atoms with Crippen LogP contribution in [0.4, 0.5) is 0 Å². The Balaban J connectivity index is 1.71. The Morgan fingerprint density at radius 3 is 1.30 bits per heavy atom. The van der Waals surface area contributed by atoms with Gasteiger partial charge in [0, 0.05) is 13.8 Å². The summed E-state index contributed by atoms with van der Waals surface area (Å²) in [4.78, 5) is 10.3. The second-order valence-electron chi connectivity index (χ2n) is 4.19. The van der Waals surface area contributed by atoms with Crippen LogP contribution in [0, 0.1) is 0 Å². The number of benzene rings is 2. The number of ether oxygens (including phenoxy) is 2. The summed E-state index contributed by atoms with van der Waals surface area (Å²) in [5, 5.41) is 0. The fourth-order valence-corrected chi connectivity index (χ4v) is 1.58. The minimum atomic E-state index is -0.528. The average molecular weight is 274 g/mol. The highest BCUT2D eigenvalue weighted by molar-refractivity contribution is 5.21. The van der Waals surface area contributed by atoms with E-state index in [1.807, 2.05) is 60.7 Å². The normalized spacial score (nSPS) is 13.5. The van der Waals surface area contributed by atoms with E-state index in [-0.39, 0.29) is 0 Å². The van der Waals surface area contributed by atoms with Gasteiger partial charge in [-0.1, -0.05) is 36.4 Å². The van der Waals surface area contributed by atoms with Crippen molar-refractivity contribution in [2.24, 2.45) is 0 Å². The summed E-state index contributed by atoms with van der Waals surface area (Å²) in [5.74, 6) is 1.44. The monoisotopic (exact) mass is 274 g/mol. The van der Waals surface area contributed by atoms with Crippen LogP contribution in [-0.2, 0) is 9.78 Å². The van der Waals surface area contributed by atoms with Crippen molar-refractivity contribution in [2.75, 3.05) is 0 Å². The van der Waals surface area contributed by atoms with Crippen molar-refractivity contribution in [1.82, 2.24) is 0 Å². The number of rotatable bonds is 7. The highest BCUT2D eigenvalue weighted by Gasteiger charge is 2.10. The summed E-state index contributed by atoms with van der Waals surface area (Å²) in [6.07, 6.45) is -1.06. The van der Waals surface area contributed by atoms with Gasteiger partial charge in [0.15, 0.2) is 0 Å². The lowest BCUT2D eigenvalue weighted by Gasteiger charge is -2.18. The smallest absolute Gasteiger partial charge is 0.228 e. The van der Waals surface area contributed by atoms with Gasteiger partial charge in [0.05, 0.1) is 0 Å². The predicted molar refractivity (Wildman–Crippen MR) is 75.2 cm³/mol. The van der Waals surface area contributed by atoms with Gasteiger partial charge in [-0.05, 0) is 24.3 Å². The zero-order chi connectivity index (χ0) is 14.2. The second-order valence-corrected chi connectivity index (χ2v) is 4.19. The Kier molecular flexibility index (Phi) is 5.41. The van der Waals surface area contributed by atoms with Crippen molar-refractivity contribution >= 4 is 0 Å². The Morgan fingerprint density at radius 1 is 0.600 bits per heavy atom. The molecule has 0 spiro atoms. The largest absolute Gasteiger partial charge is 0.462 e. The molecule has 0 fully saturated rings.